The van der Waals surface area contributed by atoms with Gasteiger partial charge in [0.1, 0.15) is 0 Å². The standard InChI is InChI=1S/C8H14N4O2/c1-6(2)8-9-10-11-12(8)5-3-4-7(13)14/h6H,3-5H2,1-2H3,(H,13,14). The number of carboxylic acid groups (broad SMARTS) is 1. The Balaban J connectivity index is 2.50. The van der Waals surface area contributed by atoms with E-state index in [0.29, 0.717) is 13.0 Å². The lowest BCUT2D eigenvalue weighted by Crippen LogP contribution is -2.08. The summed E-state index contributed by atoms with van der Waals surface area (Å²) in [6, 6.07) is 0. The first-order valence-corrected chi connectivity index (χ1v) is 4.59. The highest BCUT2D eigenvalue weighted by molar-refractivity contribution is 5.66. The number of carbonyl (C=O) groups is 1. The number of rotatable bonds is 5. The number of hydrogen-bond acceptors (Lipinski definition) is 4. The molecule has 0 unspecified atom stereocenters. The van der Waals surface area contributed by atoms with E-state index in [1.54, 1.807) is 4.68 Å². The molecule has 1 aromatic heterocycles. The van der Waals surface area contributed by atoms with E-state index >= 15 is 0 Å². The first kappa shape index (κ1) is 10.6. The van der Waals surface area contributed by atoms with Crippen LogP contribution in [0.2, 0.25) is 0 Å². The highest BCUT2D eigenvalue weighted by Crippen LogP contribution is 2.09. The molecule has 0 atom stereocenters. The molecule has 0 saturated heterocycles. The van der Waals surface area contributed by atoms with Gasteiger partial charge in [0.2, 0.25) is 0 Å². The van der Waals surface area contributed by atoms with Crippen molar-refractivity contribution in [2.75, 3.05) is 0 Å². The quantitative estimate of drug-likeness (QED) is 0.751. The Morgan fingerprint density at radius 2 is 2.29 bits per heavy atom. The van der Waals surface area contributed by atoms with E-state index in [1.165, 1.54) is 0 Å². The van der Waals surface area contributed by atoms with Crippen molar-refractivity contribution in [3.63, 3.8) is 0 Å². The molecule has 78 valence electrons. The predicted octanol–water partition coefficient (Wildman–Crippen LogP) is 0.661. The molecular weight excluding hydrogens is 184 g/mol. The fraction of sp³-hybridized carbons (Fsp3) is 0.750. The zero-order valence-electron chi connectivity index (χ0n) is 8.34. The Hall–Kier alpha value is -1.46. The van der Waals surface area contributed by atoms with Gasteiger partial charge in [0, 0.05) is 18.9 Å². The minimum atomic E-state index is -0.788. The van der Waals surface area contributed by atoms with E-state index in [1.807, 2.05) is 13.8 Å². The van der Waals surface area contributed by atoms with Crippen molar-refractivity contribution in [2.24, 2.45) is 0 Å². The molecule has 0 aliphatic heterocycles. The SMILES string of the molecule is CC(C)c1nnnn1CCCC(=O)O. The van der Waals surface area contributed by atoms with Gasteiger partial charge < -0.3 is 5.11 Å². The monoisotopic (exact) mass is 198 g/mol. The first-order valence-electron chi connectivity index (χ1n) is 4.59. The highest BCUT2D eigenvalue weighted by atomic mass is 16.4. The minimum absolute atomic E-state index is 0.150. The highest BCUT2D eigenvalue weighted by Gasteiger charge is 2.09. The van der Waals surface area contributed by atoms with Crippen LogP contribution in [0, 0.1) is 0 Å². The van der Waals surface area contributed by atoms with Crippen LogP contribution in [0.5, 0.6) is 0 Å². The largest absolute Gasteiger partial charge is 0.481 e. The van der Waals surface area contributed by atoms with E-state index < -0.39 is 5.97 Å². The summed E-state index contributed by atoms with van der Waals surface area (Å²) >= 11 is 0. The third-order valence-corrected chi connectivity index (χ3v) is 1.84. The molecule has 0 bridgehead atoms. The molecule has 0 fully saturated rings. The molecule has 1 aromatic rings. The summed E-state index contributed by atoms with van der Waals surface area (Å²) < 4.78 is 1.66. The smallest absolute Gasteiger partial charge is 0.303 e. The Morgan fingerprint density at radius 1 is 1.57 bits per heavy atom. The summed E-state index contributed by atoms with van der Waals surface area (Å²) in [5.41, 5.74) is 0. The van der Waals surface area contributed by atoms with Crippen molar-refractivity contribution in [1.82, 2.24) is 20.2 Å². The maximum Gasteiger partial charge on any atom is 0.303 e. The minimum Gasteiger partial charge on any atom is -0.481 e. The van der Waals surface area contributed by atoms with Gasteiger partial charge in [-0.25, -0.2) is 4.68 Å². The zero-order chi connectivity index (χ0) is 10.6. The molecule has 0 aromatic carbocycles. The van der Waals surface area contributed by atoms with Crippen molar-refractivity contribution in [1.29, 1.82) is 0 Å². The van der Waals surface area contributed by atoms with E-state index in [-0.39, 0.29) is 12.3 Å². The maximum atomic E-state index is 10.3. The van der Waals surface area contributed by atoms with Gasteiger partial charge in [0.25, 0.3) is 0 Å². The molecular formula is C8H14N4O2. The van der Waals surface area contributed by atoms with Crippen molar-refractivity contribution in [3.05, 3.63) is 5.82 Å². The number of aryl methyl sites for hydroxylation is 1. The topological polar surface area (TPSA) is 80.9 Å². The normalized spacial score (nSPS) is 10.8. The number of nitrogens with zero attached hydrogens (tertiary/aromatic N) is 4. The third-order valence-electron chi connectivity index (χ3n) is 1.84. The second-order valence-electron chi connectivity index (χ2n) is 3.41. The number of carboxylic acids is 1. The van der Waals surface area contributed by atoms with Gasteiger partial charge in [0.05, 0.1) is 0 Å². The van der Waals surface area contributed by atoms with Crippen LogP contribution in [0.3, 0.4) is 0 Å². The van der Waals surface area contributed by atoms with Gasteiger partial charge in [-0.15, -0.1) is 5.10 Å². The number of aromatic nitrogens is 4. The molecule has 1 heterocycles. The van der Waals surface area contributed by atoms with E-state index in [2.05, 4.69) is 15.5 Å². The molecule has 14 heavy (non-hydrogen) atoms. The predicted molar refractivity (Wildman–Crippen MR) is 48.8 cm³/mol. The van der Waals surface area contributed by atoms with Gasteiger partial charge in [-0.3, -0.25) is 4.79 Å². The van der Waals surface area contributed by atoms with Gasteiger partial charge >= 0.3 is 5.97 Å². The average Bonchev–Trinajstić information content (AvgIpc) is 2.51. The lowest BCUT2D eigenvalue weighted by molar-refractivity contribution is -0.137. The van der Waals surface area contributed by atoms with Gasteiger partial charge in [-0.1, -0.05) is 13.8 Å². The summed E-state index contributed by atoms with van der Waals surface area (Å²) in [7, 11) is 0. The fourth-order valence-electron chi connectivity index (χ4n) is 1.16. The molecule has 0 spiro atoms. The lowest BCUT2D eigenvalue weighted by Gasteiger charge is -2.05. The second kappa shape index (κ2) is 4.69. The van der Waals surface area contributed by atoms with Crippen LogP contribution in [0.25, 0.3) is 0 Å². The Morgan fingerprint density at radius 3 is 2.86 bits per heavy atom. The van der Waals surface area contributed by atoms with Crippen LogP contribution in [-0.4, -0.2) is 31.3 Å². The average molecular weight is 198 g/mol. The van der Waals surface area contributed by atoms with Crippen LogP contribution in [-0.2, 0) is 11.3 Å². The van der Waals surface area contributed by atoms with Crippen LogP contribution in [0.15, 0.2) is 0 Å². The summed E-state index contributed by atoms with van der Waals surface area (Å²) in [6.45, 7) is 4.56. The van der Waals surface area contributed by atoms with Crippen LogP contribution >= 0.6 is 0 Å². The zero-order valence-corrected chi connectivity index (χ0v) is 8.34. The van der Waals surface area contributed by atoms with Crippen LogP contribution in [0.4, 0.5) is 0 Å². The molecule has 6 heteroatoms. The van der Waals surface area contributed by atoms with Crippen molar-refractivity contribution in [2.45, 2.75) is 39.2 Å². The lowest BCUT2D eigenvalue weighted by atomic mass is 10.2. The first-order chi connectivity index (χ1) is 6.61. The molecule has 1 N–H and O–H groups in total. The Kier molecular flexibility index (Phi) is 3.55. The van der Waals surface area contributed by atoms with Crippen molar-refractivity contribution in [3.8, 4) is 0 Å². The van der Waals surface area contributed by atoms with Gasteiger partial charge in [0.15, 0.2) is 5.82 Å². The maximum absolute atomic E-state index is 10.3. The molecule has 1 rings (SSSR count). The molecule has 0 radical (unpaired) electrons. The summed E-state index contributed by atoms with van der Waals surface area (Å²) in [5.74, 6) is 0.273. The second-order valence-corrected chi connectivity index (χ2v) is 3.41. The molecule has 0 saturated carbocycles. The van der Waals surface area contributed by atoms with Gasteiger partial charge in [-0.05, 0) is 16.8 Å². The van der Waals surface area contributed by atoms with Crippen LogP contribution < -0.4 is 0 Å². The Labute approximate surface area is 81.9 Å². The summed E-state index contributed by atoms with van der Waals surface area (Å²) in [5, 5.41) is 19.7. The summed E-state index contributed by atoms with van der Waals surface area (Å²) in [4.78, 5) is 10.3. The fourth-order valence-corrected chi connectivity index (χ4v) is 1.16. The molecule has 0 aliphatic rings. The van der Waals surface area contributed by atoms with Crippen molar-refractivity contribution >= 4 is 5.97 Å². The molecule has 6 nitrogen and oxygen atoms in total. The Bertz CT molecular complexity index is 308. The molecule has 0 amide bonds. The molecule has 0 aliphatic carbocycles. The summed E-state index contributed by atoms with van der Waals surface area (Å²) in [6.07, 6.45) is 0.706. The van der Waals surface area contributed by atoms with Crippen LogP contribution in [0.1, 0.15) is 38.4 Å². The third kappa shape index (κ3) is 2.79. The number of aliphatic carboxylic acids is 1. The number of hydrogen-bond donors (Lipinski definition) is 1. The van der Waals surface area contributed by atoms with E-state index in [4.69, 9.17) is 5.11 Å². The van der Waals surface area contributed by atoms with Gasteiger partial charge in [-0.2, -0.15) is 0 Å². The van der Waals surface area contributed by atoms with E-state index in [9.17, 15) is 4.79 Å². The number of tetrazole rings is 1. The van der Waals surface area contributed by atoms with E-state index in [0.717, 1.165) is 5.82 Å². The van der Waals surface area contributed by atoms with Crippen molar-refractivity contribution < 1.29 is 9.90 Å².